The van der Waals surface area contributed by atoms with E-state index in [0.717, 1.165) is 38.6 Å². The summed E-state index contributed by atoms with van der Waals surface area (Å²) in [5.41, 5.74) is -0.470. The molecule has 0 radical (unpaired) electrons. The Morgan fingerprint density at radius 2 is 1.51 bits per heavy atom. The molecule has 1 N–H and O–H groups in total. The lowest BCUT2D eigenvalue weighted by Gasteiger charge is -2.44. The minimum Gasteiger partial charge on any atom is -0.463 e. The Kier molecular flexibility index (Phi) is 17.5. The quantitative estimate of drug-likeness (QED) is 0.0841. The predicted molar refractivity (Wildman–Crippen MR) is 171 cm³/mol. The maximum Gasteiger partial charge on any atom is 0.307 e. The molecule has 2 fully saturated rings. The normalized spacial score (nSPS) is 21.3. The number of likely N-dealkylation sites (tertiary alicyclic amines) is 1. The molecule has 0 saturated carbocycles. The molecule has 2 amide bonds. The fraction of sp³-hybridized carbons (Fsp3) is 0.857. The number of carbonyl (C=O) groups is 3. The third-order valence-corrected chi connectivity index (χ3v) is 8.56. The highest BCUT2D eigenvalue weighted by Crippen LogP contribution is 2.34. The van der Waals surface area contributed by atoms with Gasteiger partial charge in [0.05, 0.1) is 19.1 Å². The first-order chi connectivity index (χ1) is 20.6. The van der Waals surface area contributed by atoms with Gasteiger partial charge in [-0.3, -0.25) is 14.4 Å². The van der Waals surface area contributed by atoms with Crippen molar-refractivity contribution >= 4 is 17.8 Å². The smallest absolute Gasteiger partial charge is 0.307 e. The van der Waals surface area contributed by atoms with Gasteiger partial charge in [0.25, 0.3) is 0 Å². The van der Waals surface area contributed by atoms with Gasteiger partial charge in [-0.2, -0.15) is 0 Å². The van der Waals surface area contributed by atoms with Gasteiger partial charge in [-0.25, -0.2) is 0 Å². The molecule has 0 aromatic carbocycles. The largest absolute Gasteiger partial charge is 0.463 e. The highest BCUT2D eigenvalue weighted by Gasteiger charge is 2.45. The summed E-state index contributed by atoms with van der Waals surface area (Å²) in [6.45, 7) is 11.2. The Balaban J connectivity index is 1.51. The van der Waals surface area contributed by atoms with Crippen molar-refractivity contribution < 1.29 is 28.6 Å². The molecule has 2 rings (SSSR count). The van der Waals surface area contributed by atoms with Crippen LogP contribution in [0.2, 0.25) is 0 Å². The zero-order chi connectivity index (χ0) is 31.6. The van der Waals surface area contributed by atoms with Crippen LogP contribution in [0.3, 0.4) is 0 Å². The standard InChI is InChI=1S/C35H62N2O6/c1-6-7-8-9-10-11-12-13-14-15-16-17-18-19-20-23-30(38)37-26-21-22-29(37)27-41-31(39)24-25-36-33(40)32-34(2,3)28-42-35(4,5)43-32/h13-14,29,32H,6-12,15-28H2,1-5H3,(H,36,40)/t29-,32?/m0/s1. The van der Waals surface area contributed by atoms with Gasteiger partial charge in [-0.15, -0.1) is 0 Å². The molecule has 0 aliphatic carbocycles. The van der Waals surface area contributed by atoms with Crippen LogP contribution in [0, 0.1) is 5.41 Å². The maximum absolute atomic E-state index is 12.8. The second kappa shape index (κ2) is 20.2. The third-order valence-electron chi connectivity index (χ3n) is 8.56. The first-order valence-corrected chi connectivity index (χ1v) is 17.3. The van der Waals surface area contributed by atoms with Crippen molar-refractivity contribution in [2.75, 3.05) is 26.3 Å². The molecule has 43 heavy (non-hydrogen) atoms. The van der Waals surface area contributed by atoms with E-state index >= 15 is 0 Å². The summed E-state index contributed by atoms with van der Waals surface area (Å²) in [4.78, 5) is 39.8. The van der Waals surface area contributed by atoms with E-state index in [-0.39, 0.29) is 43.4 Å². The third kappa shape index (κ3) is 15.1. The first-order valence-electron chi connectivity index (χ1n) is 17.3. The molecule has 0 aromatic heterocycles. The predicted octanol–water partition coefficient (Wildman–Crippen LogP) is 7.24. The lowest BCUT2D eigenvalue weighted by molar-refractivity contribution is -0.304. The minimum atomic E-state index is -0.828. The average molecular weight is 607 g/mol. The van der Waals surface area contributed by atoms with Crippen LogP contribution in [0.1, 0.15) is 144 Å². The number of allylic oxidation sites excluding steroid dienone is 2. The number of amides is 2. The van der Waals surface area contributed by atoms with Crippen molar-refractivity contribution in [1.82, 2.24) is 10.2 Å². The van der Waals surface area contributed by atoms with Gasteiger partial charge >= 0.3 is 5.97 Å². The number of hydrogen-bond acceptors (Lipinski definition) is 6. The highest BCUT2D eigenvalue weighted by molar-refractivity contribution is 5.82. The number of hydrogen-bond donors (Lipinski definition) is 1. The van der Waals surface area contributed by atoms with Crippen LogP contribution < -0.4 is 5.32 Å². The molecular formula is C35H62N2O6. The summed E-state index contributed by atoms with van der Waals surface area (Å²) in [5.74, 6) is -1.28. The van der Waals surface area contributed by atoms with Crippen molar-refractivity contribution in [3.05, 3.63) is 12.2 Å². The molecule has 8 nitrogen and oxygen atoms in total. The Labute approximate surface area is 262 Å². The molecule has 0 aromatic rings. The SMILES string of the molecule is CCCCCCCCC=CCCCCCCCC(=O)N1CCC[C@H]1COC(=O)CCNC(=O)C1OC(C)(C)OCC1(C)C. The second-order valence-electron chi connectivity index (χ2n) is 13.6. The van der Waals surface area contributed by atoms with Crippen LogP contribution in [0.15, 0.2) is 12.2 Å². The number of carbonyl (C=O) groups excluding carboxylic acids is 3. The van der Waals surface area contributed by atoms with E-state index in [1.165, 1.54) is 64.2 Å². The Hall–Kier alpha value is -1.93. The number of nitrogens with zero attached hydrogens (tertiary/aromatic N) is 1. The van der Waals surface area contributed by atoms with Crippen LogP contribution >= 0.6 is 0 Å². The van der Waals surface area contributed by atoms with Gasteiger partial charge in [-0.1, -0.05) is 84.3 Å². The Bertz CT molecular complexity index is 855. The molecular weight excluding hydrogens is 544 g/mol. The first kappa shape index (κ1) is 37.3. The van der Waals surface area contributed by atoms with Crippen molar-refractivity contribution in [2.24, 2.45) is 5.41 Å². The molecule has 2 atom stereocenters. The summed E-state index contributed by atoms with van der Waals surface area (Å²) >= 11 is 0. The molecule has 0 spiro atoms. The summed E-state index contributed by atoms with van der Waals surface area (Å²) in [7, 11) is 0. The number of unbranched alkanes of at least 4 members (excludes halogenated alkanes) is 11. The van der Waals surface area contributed by atoms with Crippen LogP contribution in [0.5, 0.6) is 0 Å². The van der Waals surface area contributed by atoms with Gasteiger partial charge in [0, 0.05) is 24.9 Å². The Morgan fingerprint density at radius 1 is 0.884 bits per heavy atom. The molecule has 248 valence electrons. The van der Waals surface area contributed by atoms with E-state index < -0.39 is 17.3 Å². The topological polar surface area (TPSA) is 94.2 Å². The summed E-state index contributed by atoms with van der Waals surface area (Å²) in [6.07, 6.45) is 22.6. The molecule has 1 unspecified atom stereocenters. The lowest BCUT2D eigenvalue weighted by Crippen LogP contribution is -2.56. The van der Waals surface area contributed by atoms with Gasteiger partial charge < -0.3 is 24.4 Å². The second-order valence-corrected chi connectivity index (χ2v) is 13.6. The van der Waals surface area contributed by atoms with E-state index in [4.69, 9.17) is 14.2 Å². The van der Waals surface area contributed by atoms with Crippen LogP contribution in [-0.4, -0.2) is 66.9 Å². The van der Waals surface area contributed by atoms with E-state index in [1.54, 1.807) is 13.8 Å². The summed E-state index contributed by atoms with van der Waals surface area (Å²) < 4.78 is 17.0. The molecule has 8 heteroatoms. The zero-order valence-electron chi connectivity index (χ0n) is 28.1. The van der Waals surface area contributed by atoms with Gasteiger partial charge in [0.15, 0.2) is 5.79 Å². The fourth-order valence-corrected chi connectivity index (χ4v) is 5.79. The summed E-state index contributed by atoms with van der Waals surface area (Å²) in [6, 6.07) is -0.0483. The van der Waals surface area contributed by atoms with Crippen molar-refractivity contribution in [3.63, 3.8) is 0 Å². The van der Waals surface area contributed by atoms with Gasteiger partial charge in [0.1, 0.15) is 12.7 Å². The highest BCUT2D eigenvalue weighted by atomic mass is 16.7. The Morgan fingerprint density at radius 3 is 2.19 bits per heavy atom. The summed E-state index contributed by atoms with van der Waals surface area (Å²) in [5, 5.41) is 2.81. The van der Waals surface area contributed by atoms with Crippen LogP contribution in [0.25, 0.3) is 0 Å². The monoisotopic (exact) mass is 606 g/mol. The van der Waals surface area contributed by atoms with Crippen LogP contribution in [-0.2, 0) is 28.6 Å². The van der Waals surface area contributed by atoms with Gasteiger partial charge in [0.2, 0.25) is 11.8 Å². The van der Waals surface area contributed by atoms with Crippen LogP contribution in [0.4, 0.5) is 0 Å². The molecule has 0 bridgehead atoms. The van der Waals surface area contributed by atoms with Gasteiger partial charge in [-0.05, 0) is 58.8 Å². The lowest BCUT2D eigenvalue weighted by atomic mass is 9.85. The zero-order valence-corrected chi connectivity index (χ0v) is 28.1. The number of nitrogens with one attached hydrogen (secondary N) is 1. The van der Waals surface area contributed by atoms with E-state index in [9.17, 15) is 14.4 Å². The minimum absolute atomic E-state index is 0.0483. The van der Waals surface area contributed by atoms with E-state index in [1.807, 2.05) is 18.7 Å². The number of esters is 1. The number of ether oxygens (including phenoxy) is 3. The molecule has 2 aliphatic heterocycles. The molecule has 2 aliphatic rings. The van der Waals surface area contributed by atoms with E-state index in [2.05, 4.69) is 24.4 Å². The average Bonchev–Trinajstić information content (AvgIpc) is 3.44. The molecule has 2 saturated heterocycles. The maximum atomic E-state index is 12.8. The van der Waals surface area contributed by atoms with Crippen molar-refractivity contribution in [1.29, 1.82) is 0 Å². The fourth-order valence-electron chi connectivity index (χ4n) is 5.79. The van der Waals surface area contributed by atoms with E-state index in [0.29, 0.717) is 13.0 Å². The van der Waals surface area contributed by atoms with Crippen molar-refractivity contribution in [3.8, 4) is 0 Å². The van der Waals surface area contributed by atoms with Crippen molar-refractivity contribution in [2.45, 2.75) is 162 Å². The molecule has 2 heterocycles. The number of rotatable bonds is 21.